The molecule has 1 aliphatic heterocycles. The Morgan fingerprint density at radius 3 is 2.62 bits per heavy atom. The zero-order valence-electron chi connectivity index (χ0n) is 8.94. The van der Waals surface area contributed by atoms with E-state index in [0.717, 1.165) is 31.9 Å². The first kappa shape index (κ1) is 10.8. The van der Waals surface area contributed by atoms with Crippen LogP contribution in [0.25, 0.3) is 0 Å². The first-order valence-corrected chi connectivity index (χ1v) is 5.27. The molecule has 4 N–H and O–H groups in total. The number of hydrogen-bond acceptors (Lipinski definition) is 4. The van der Waals surface area contributed by atoms with Gasteiger partial charge in [-0.05, 0) is 18.2 Å². The average Bonchev–Trinajstić information content (AvgIpc) is 2.29. The Labute approximate surface area is 93.9 Å². The predicted octanol–water partition coefficient (Wildman–Crippen LogP) is 0.377. The van der Waals surface area contributed by atoms with Crippen LogP contribution in [0.5, 0.6) is 0 Å². The molecule has 0 spiro atoms. The van der Waals surface area contributed by atoms with Gasteiger partial charge in [0.25, 0.3) is 0 Å². The zero-order valence-corrected chi connectivity index (χ0v) is 8.94. The number of piperazine rings is 1. The van der Waals surface area contributed by atoms with E-state index in [1.54, 1.807) is 12.1 Å². The first-order valence-electron chi connectivity index (χ1n) is 5.27. The molecule has 5 heteroatoms. The van der Waals surface area contributed by atoms with Crippen LogP contribution in [-0.2, 0) is 0 Å². The number of rotatable bonds is 2. The largest absolute Gasteiger partial charge is 0.478 e. The lowest BCUT2D eigenvalue weighted by Gasteiger charge is -2.29. The summed E-state index contributed by atoms with van der Waals surface area (Å²) >= 11 is 0. The van der Waals surface area contributed by atoms with E-state index in [-0.39, 0.29) is 5.56 Å². The summed E-state index contributed by atoms with van der Waals surface area (Å²) in [6.45, 7) is 3.74. The minimum absolute atomic E-state index is 0.166. The van der Waals surface area contributed by atoms with Crippen molar-refractivity contribution in [3.63, 3.8) is 0 Å². The fourth-order valence-electron chi connectivity index (χ4n) is 1.86. The van der Waals surface area contributed by atoms with Crippen LogP contribution in [0.4, 0.5) is 11.4 Å². The molecule has 86 valence electrons. The van der Waals surface area contributed by atoms with Gasteiger partial charge in [-0.25, -0.2) is 4.79 Å². The molecule has 1 aromatic rings. The molecule has 5 nitrogen and oxygen atoms in total. The van der Waals surface area contributed by atoms with Crippen LogP contribution in [0.1, 0.15) is 10.4 Å². The second kappa shape index (κ2) is 4.40. The van der Waals surface area contributed by atoms with Crippen molar-refractivity contribution >= 4 is 17.3 Å². The van der Waals surface area contributed by atoms with Crippen molar-refractivity contribution < 1.29 is 9.90 Å². The van der Waals surface area contributed by atoms with E-state index in [9.17, 15) is 4.79 Å². The number of carbonyl (C=O) groups is 1. The topological polar surface area (TPSA) is 78.6 Å². The van der Waals surface area contributed by atoms with Crippen molar-refractivity contribution in [3.05, 3.63) is 23.8 Å². The third-order valence-corrected chi connectivity index (χ3v) is 2.75. The molecule has 2 rings (SSSR count). The van der Waals surface area contributed by atoms with Gasteiger partial charge in [0.05, 0.1) is 5.56 Å². The Balaban J connectivity index is 2.23. The van der Waals surface area contributed by atoms with Gasteiger partial charge in [-0.1, -0.05) is 0 Å². The van der Waals surface area contributed by atoms with Gasteiger partial charge < -0.3 is 21.1 Å². The van der Waals surface area contributed by atoms with Crippen LogP contribution in [-0.4, -0.2) is 37.3 Å². The summed E-state index contributed by atoms with van der Waals surface area (Å²) in [5.74, 6) is -0.982. The zero-order chi connectivity index (χ0) is 11.5. The number of benzene rings is 1. The van der Waals surface area contributed by atoms with Crippen LogP contribution < -0.4 is 16.0 Å². The Morgan fingerprint density at radius 2 is 2.06 bits per heavy atom. The summed E-state index contributed by atoms with van der Waals surface area (Å²) in [7, 11) is 0. The normalized spacial score (nSPS) is 16.1. The smallest absolute Gasteiger partial charge is 0.337 e. The van der Waals surface area contributed by atoms with Crippen LogP contribution in [0, 0.1) is 0 Å². The van der Waals surface area contributed by atoms with Crippen molar-refractivity contribution in [2.24, 2.45) is 0 Å². The fourth-order valence-corrected chi connectivity index (χ4v) is 1.86. The number of nitrogens with two attached hydrogens (primary N) is 1. The molecule has 0 radical (unpaired) electrons. The van der Waals surface area contributed by atoms with Gasteiger partial charge in [0.15, 0.2) is 0 Å². The summed E-state index contributed by atoms with van der Waals surface area (Å²) in [5, 5.41) is 12.1. The standard InChI is InChI=1S/C11H15N3O2/c12-10-7-8(1-2-9(10)11(15)16)14-5-3-13-4-6-14/h1-2,7,13H,3-6,12H2,(H,15,16). The summed E-state index contributed by atoms with van der Waals surface area (Å²) in [6.07, 6.45) is 0. The van der Waals surface area contributed by atoms with Crippen molar-refractivity contribution in [3.8, 4) is 0 Å². The SMILES string of the molecule is Nc1cc(N2CCNCC2)ccc1C(=O)O. The van der Waals surface area contributed by atoms with Crippen molar-refractivity contribution in [1.29, 1.82) is 0 Å². The van der Waals surface area contributed by atoms with Crippen molar-refractivity contribution in [2.45, 2.75) is 0 Å². The van der Waals surface area contributed by atoms with Crippen LogP contribution in [0.2, 0.25) is 0 Å². The van der Waals surface area contributed by atoms with E-state index in [0.29, 0.717) is 5.69 Å². The number of carboxylic acid groups (broad SMARTS) is 1. The highest BCUT2D eigenvalue weighted by Gasteiger charge is 2.13. The molecule has 0 aliphatic carbocycles. The first-order chi connectivity index (χ1) is 7.68. The number of anilines is 2. The molecule has 0 bridgehead atoms. The number of carboxylic acids is 1. The third-order valence-electron chi connectivity index (χ3n) is 2.75. The van der Waals surface area contributed by atoms with Gasteiger partial charge in [0, 0.05) is 37.6 Å². The molecule has 0 amide bonds. The Kier molecular flexibility index (Phi) is 2.96. The Hall–Kier alpha value is -1.75. The third kappa shape index (κ3) is 2.09. The number of nitrogens with one attached hydrogen (secondary N) is 1. The van der Waals surface area contributed by atoms with Crippen molar-refractivity contribution in [1.82, 2.24) is 5.32 Å². The highest BCUT2D eigenvalue weighted by atomic mass is 16.4. The maximum absolute atomic E-state index is 10.8. The molecule has 1 aromatic carbocycles. The molecule has 0 atom stereocenters. The summed E-state index contributed by atoms with van der Waals surface area (Å²) in [6, 6.07) is 5.11. The highest BCUT2D eigenvalue weighted by Crippen LogP contribution is 2.21. The predicted molar refractivity (Wildman–Crippen MR) is 62.9 cm³/mol. The van der Waals surface area contributed by atoms with E-state index in [4.69, 9.17) is 10.8 Å². The molecule has 1 saturated heterocycles. The van der Waals surface area contributed by atoms with Gasteiger partial charge >= 0.3 is 5.97 Å². The van der Waals surface area contributed by atoms with E-state index < -0.39 is 5.97 Å². The highest BCUT2D eigenvalue weighted by molar-refractivity contribution is 5.94. The molecule has 16 heavy (non-hydrogen) atoms. The number of nitrogens with zero attached hydrogens (tertiary/aromatic N) is 1. The Bertz CT molecular complexity index is 400. The maximum atomic E-state index is 10.8. The van der Waals surface area contributed by atoms with Gasteiger partial charge in [-0.3, -0.25) is 0 Å². The van der Waals surface area contributed by atoms with E-state index in [1.165, 1.54) is 0 Å². The molecule has 0 aromatic heterocycles. The van der Waals surface area contributed by atoms with Gasteiger partial charge in [0.1, 0.15) is 0 Å². The molecule has 1 aliphatic rings. The van der Waals surface area contributed by atoms with Crippen molar-refractivity contribution in [2.75, 3.05) is 36.8 Å². The maximum Gasteiger partial charge on any atom is 0.337 e. The molecule has 0 saturated carbocycles. The molecular formula is C11H15N3O2. The monoisotopic (exact) mass is 221 g/mol. The molecule has 1 fully saturated rings. The van der Waals surface area contributed by atoms with Crippen LogP contribution in [0.15, 0.2) is 18.2 Å². The summed E-state index contributed by atoms with van der Waals surface area (Å²) in [5.41, 5.74) is 7.18. The second-order valence-electron chi connectivity index (χ2n) is 3.81. The Morgan fingerprint density at radius 1 is 1.38 bits per heavy atom. The lowest BCUT2D eigenvalue weighted by atomic mass is 10.1. The van der Waals surface area contributed by atoms with E-state index in [1.807, 2.05) is 6.07 Å². The fraction of sp³-hybridized carbons (Fsp3) is 0.364. The lowest BCUT2D eigenvalue weighted by Crippen LogP contribution is -2.43. The second-order valence-corrected chi connectivity index (χ2v) is 3.81. The van der Waals surface area contributed by atoms with Crippen LogP contribution in [0.3, 0.4) is 0 Å². The van der Waals surface area contributed by atoms with E-state index in [2.05, 4.69) is 10.2 Å². The molecule has 1 heterocycles. The van der Waals surface area contributed by atoms with Gasteiger partial charge in [0.2, 0.25) is 0 Å². The summed E-state index contributed by atoms with van der Waals surface area (Å²) < 4.78 is 0. The number of aromatic carboxylic acids is 1. The summed E-state index contributed by atoms with van der Waals surface area (Å²) in [4.78, 5) is 13.0. The molecular weight excluding hydrogens is 206 g/mol. The number of nitrogen functional groups attached to an aromatic ring is 1. The van der Waals surface area contributed by atoms with Gasteiger partial charge in [-0.15, -0.1) is 0 Å². The van der Waals surface area contributed by atoms with E-state index >= 15 is 0 Å². The average molecular weight is 221 g/mol. The molecule has 0 unspecified atom stereocenters. The quantitative estimate of drug-likeness (QED) is 0.629. The van der Waals surface area contributed by atoms with Crippen LogP contribution >= 0.6 is 0 Å². The van der Waals surface area contributed by atoms with Gasteiger partial charge in [-0.2, -0.15) is 0 Å². The minimum atomic E-state index is -0.982. The lowest BCUT2D eigenvalue weighted by molar-refractivity contribution is 0.0698. The minimum Gasteiger partial charge on any atom is -0.478 e. The number of hydrogen-bond donors (Lipinski definition) is 3.